The predicted molar refractivity (Wildman–Crippen MR) is 116 cm³/mol. The summed E-state index contributed by atoms with van der Waals surface area (Å²) in [6.45, 7) is 4.26. The Labute approximate surface area is 166 Å². The molecule has 27 heavy (non-hydrogen) atoms. The number of methoxy groups -OCH3 is 2. The highest BCUT2D eigenvalue weighted by Gasteiger charge is 2.14. The summed E-state index contributed by atoms with van der Waals surface area (Å²) >= 11 is 0. The fourth-order valence-corrected chi connectivity index (χ4v) is 3.63. The molecule has 3 nitrogen and oxygen atoms in total. The summed E-state index contributed by atoms with van der Waals surface area (Å²) in [5, 5.41) is 0. The maximum Gasteiger partial charge on any atom is 0.119 e. The molecule has 3 heteroatoms. The van der Waals surface area contributed by atoms with Crippen LogP contribution in [0, 0.1) is 0 Å². The molecule has 0 radical (unpaired) electrons. The highest BCUT2D eigenvalue weighted by molar-refractivity contribution is 5.51. The molecule has 2 rings (SSSR count). The van der Waals surface area contributed by atoms with Gasteiger partial charge in [0.15, 0.2) is 0 Å². The molecule has 0 amide bonds. The van der Waals surface area contributed by atoms with E-state index in [1.54, 1.807) is 14.2 Å². The summed E-state index contributed by atoms with van der Waals surface area (Å²) < 4.78 is 11.0. The van der Waals surface area contributed by atoms with Gasteiger partial charge in [0, 0.05) is 30.8 Å². The summed E-state index contributed by atoms with van der Waals surface area (Å²) in [6.07, 6.45) is 15.9. The predicted octanol–water partition coefficient (Wildman–Crippen LogP) is 6.50. The van der Waals surface area contributed by atoms with Crippen LogP contribution in [0.2, 0.25) is 0 Å². The van der Waals surface area contributed by atoms with Crippen LogP contribution in [0.15, 0.2) is 47.7 Å². The number of anilines is 1. The van der Waals surface area contributed by atoms with Gasteiger partial charge < -0.3 is 14.4 Å². The molecule has 0 saturated heterocycles. The second-order valence-electron chi connectivity index (χ2n) is 7.33. The Morgan fingerprint density at radius 1 is 0.889 bits per heavy atom. The fourth-order valence-electron chi connectivity index (χ4n) is 3.63. The molecule has 0 spiro atoms. The van der Waals surface area contributed by atoms with Crippen LogP contribution in [0.3, 0.4) is 0 Å². The van der Waals surface area contributed by atoms with E-state index in [1.165, 1.54) is 56.2 Å². The van der Waals surface area contributed by atoms with Crippen LogP contribution >= 0.6 is 0 Å². The highest BCUT2D eigenvalue weighted by atomic mass is 16.5. The summed E-state index contributed by atoms with van der Waals surface area (Å²) in [5.41, 5.74) is 2.56. The molecule has 0 aliphatic heterocycles. The number of rotatable bonds is 13. The first kappa shape index (κ1) is 21.4. The Hall–Kier alpha value is -1.90. The van der Waals surface area contributed by atoms with Gasteiger partial charge in [-0.1, -0.05) is 57.6 Å². The van der Waals surface area contributed by atoms with Crippen LogP contribution < -0.4 is 9.64 Å². The van der Waals surface area contributed by atoms with Gasteiger partial charge >= 0.3 is 0 Å². The number of benzene rings is 1. The molecule has 0 fully saturated rings. The fraction of sp³-hybridized carbons (Fsp3) is 0.583. The standard InChI is InChI=1S/C24H37NO2/c1-4-5-6-7-8-9-12-19-25(22-15-17-23(26-2)18-16-22)20-21-13-10-11-14-24(21)27-3/h10,13,15-18H,4-9,11-12,14,19-20H2,1-3H3. The first-order valence-corrected chi connectivity index (χ1v) is 10.6. The molecule has 1 aliphatic carbocycles. The van der Waals surface area contributed by atoms with Gasteiger partial charge in [0.25, 0.3) is 0 Å². The molecule has 0 atom stereocenters. The van der Waals surface area contributed by atoms with Crippen LogP contribution in [-0.4, -0.2) is 27.3 Å². The van der Waals surface area contributed by atoms with E-state index in [1.807, 2.05) is 0 Å². The van der Waals surface area contributed by atoms with Crippen molar-refractivity contribution in [1.29, 1.82) is 0 Å². The first-order valence-electron chi connectivity index (χ1n) is 10.6. The summed E-state index contributed by atoms with van der Waals surface area (Å²) in [7, 11) is 3.51. The van der Waals surface area contributed by atoms with E-state index < -0.39 is 0 Å². The molecule has 1 aromatic carbocycles. The van der Waals surface area contributed by atoms with Gasteiger partial charge in [-0.2, -0.15) is 0 Å². The monoisotopic (exact) mass is 371 g/mol. The summed E-state index contributed by atoms with van der Waals surface area (Å²) in [6, 6.07) is 8.43. The minimum atomic E-state index is 0.905. The minimum Gasteiger partial charge on any atom is -0.501 e. The normalized spacial score (nSPS) is 13.7. The maximum absolute atomic E-state index is 5.64. The van der Waals surface area contributed by atoms with Crippen LogP contribution in [-0.2, 0) is 4.74 Å². The van der Waals surface area contributed by atoms with E-state index in [2.05, 4.69) is 48.2 Å². The van der Waals surface area contributed by atoms with Crippen molar-refractivity contribution in [2.75, 3.05) is 32.2 Å². The zero-order valence-electron chi connectivity index (χ0n) is 17.5. The largest absolute Gasteiger partial charge is 0.501 e. The van der Waals surface area contributed by atoms with Gasteiger partial charge in [-0.05, 0) is 37.1 Å². The van der Waals surface area contributed by atoms with E-state index >= 15 is 0 Å². The van der Waals surface area contributed by atoms with Gasteiger partial charge in [-0.3, -0.25) is 0 Å². The van der Waals surface area contributed by atoms with Crippen LogP contribution in [0.4, 0.5) is 5.69 Å². The molecule has 0 bridgehead atoms. The van der Waals surface area contributed by atoms with Crippen molar-refractivity contribution in [3.8, 4) is 5.75 Å². The van der Waals surface area contributed by atoms with Crippen molar-refractivity contribution in [3.63, 3.8) is 0 Å². The molecule has 0 heterocycles. The zero-order chi connectivity index (χ0) is 19.3. The Morgan fingerprint density at radius 2 is 1.59 bits per heavy atom. The molecule has 1 aliphatic rings. The second-order valence-corrected chi connectivity index (χ2v) is 7.33. The lowest BCUT2D eigenvalue weighted by Crippen LogP contribution is -2.27. The third-order valence-electron chi connectivity index (χ3n) is 5.29. The average molecular weight is 372 g/mol. The number of hydrogen-bond acceptors (Lipinski definition) is 3. The van der Waals surface area contributed by atoms with Crippen molar-refractivity contribution < 1.29 is 9.47 Å². The summed E-state index contributed by atoms with van der Waals surface area (Å²) in [5.74, 6) is 2.04. The number of allylic oxidation sites excluding steroid dienone is 2. The van der Waals surface area contributed by atoms with Gasteiger partial charge in [-0.25, -0.2) is 0 Å². The first-order chi connectivity index (χ1) is 13.3. The Kier molecular flexibility index (Phi) is 9.89. The molecule has 0 unspecified atom stereocenters. The zero-order valence-corrected chi connectivity index (χ0v) is 17.5. The van der Waals surface area contributed by atoms with E-state index in [0.29, 0.717) is 0 Å². The van der Waals surface area contributed by atoms with Crippen LogP contribution in [0.25, 0.3) is 0 Å². The third kappa shape index (κ3) is 7.32. The van der Waals surface area contributed by atoms with Crippen molar-refractivity contribution in [3.05, 3.63) is 47.7 Å². The van der Waals surface area contributed by atoms with E-state index in [0.717, 1.165) is 37.4 Å². The Bertz CT molecular complexity index is 589. The van der Waals surface area contributed by atoms with Gasteiger partial charge in [0.1, 0.15) is 11.5 Å². The number of unbranched alkanes of at least 4 members (excludes halogenated alkanes) is 6. The van der Waals surface area contributed by atoms with Crippen molar-refractivity contribution >= 4 is 5.69 Å². The van der Waals surface area contributed by atoms with Crippen molar-refractivity contribution in [1.82, 2.24) is 0 Å². The molecule has 0 aromatic heterocycles. The molecular formula is C24H37NO2. The Balaban J connectivity index is 1.97. The van der Waals surface area contributed by atoms with Crippen molar-refractivity contribution in [2.45, 2.75) is 64.7 Å². The lowest BCUT2D eigenvalue weighted by atomic mass is 10.0. The summed E-state index contributed by atoms with van der Waals surface area (Å²) in [4.78, 5) is 2.48. The SMILES string of the molecule is CCCCCCCCCN(CC1=C(OC)CCC=C1)c1ccc(OC)cc1. The molecule has 0 saturated carbocycles. The number of ether oxygens (including phenoxy) is 2. The molecule has 150 valence electrons. The lowest BCUT2D eigenvalue weighted by Gasteiger charge is -2.27. The lowest BCUT2D eigenvalue weighted by molar-refractivity contribution is 0.272. The quantitative estimate of drug-likeness (QED) is 0.369. The third-order valence-corrected chi connectivity index (χ3v) is 5.29. The topological polar surface area (TPSA) is 21.7 Å². The Morgan fingerprint density at radius 3 is 2.26 bits per heavy atom. The van der Waals surface area contributed by atoms with Crippen LogP contribution in [0.5, 0.6) is 5.75 Å². The number of hydrogen-bond donors (Lipinski definition) is 0. The van der Waals surface area contributed by atoms with E-state index in [4.69, 9.17) is 9.47 Å². The number of nitrogens with zero attached hydrogens (tertiary/aromatic N) is 1. The maximum atomic E-state index is 5.64. The molecule has 1 aromatic rings. The van der Waals surface area contributed by atoms with E-state index in [9.17, 15) is 0 Å². The second kappa shape index (κ2) is 12.5. The van der Waals surface area contributed by atoms with Gasteiger partial charge in [-0.15, -0.1) is 0 Å². The smallest absolute Gasteiger partial charge is 0.119 e. The van der Waals surface area contributed by atoms with Crippen LogP contribution in [0.1, 0.15) is 64.7 Å². The highest BCUT2D eigenvalue weighted by Crippen LogP contribution is 2.25. The van der Waals surface area contributed by atoms with E-state index in [-0.39, 0.29) is 0 Å². The van der Waals surface area contributed by atoms with Gasteiger partial charge in [0.05, 0.1) is 14.2 Å². The van der Waals surface area contributed by atoms with Crippen molar-refractivity contribution in [2.24, 2.45) is 0 Å². The molecule has 0 N–H and O–H groups in total. The van der Waals surface area contributed by atoms with Gasteiger partial charge in [0.2, 0.25) is 0 Å². The molecular weight excluding hydrogens is 334 g/mol. The average Bonchev–Trinajstić information content (AvgIpc) is 2.72. The minimum absolute atomic E-state index is 0.905.